The van der Waals surface area contributed by atoms with Gasteiger partial charge in [-0.3, -0.25) is 0 Å². The molecular formula is C13H7F3O2. The second kappa shape index (κ2) is 4.52. The van der Waals surface area contributed by atoms with E-state index in [9.17, 15) is 18.0 Å². The molecule has 0 atom stereocenters. The summed E-state index contributed by atoms with van der Waals surface area (Å²) in [7, 11) is 0. The Hall–Kier alpha value is -2.30. The van der Waals surface area contributed by atoms with E-state index in [1.807, 2.05) is 0 Å². The van der Waals surface area contributed by atoms with Gasteiger partial charge in [0.15, 0.2) is 17.5 Å². The molecule has 0 radical (unpaired) electrons. The van der Waals surface area contributed by atoms with Crippen LogP contribution in [0.5, 0.6) is 0 Å². The molecule has 2 rings (SSSR count). The van der Waals surface area contributed by atoms with Crippen molar-refractivity contribution in [2.45, 2.75) is 0 Å². The van der Waals surface area contributed by atoms with Crippen LogP contribution in [-0.2, 0) is 0 Å². The van der Waals surface area contributed by atoms with Crippen LogP contribution in [0.25, 0.3) is 11.1 Å². The molecule has 0 saturated carbocycles. The zero-order valence-electron chi connectivity index (χ0n) is 8.95. The molecular weight excluding hydrogens is 245 g/mol. The smallest absolute Gasteiger partial charge is 0.335 e. The topological polar surface area (TPSA) is 37.3 Å². The maximum atomic E-state index is 13.1. The van der Waals surface area contributed by atoms with Crippen LogP contribution in [-0.4, -0.2) is 11.1 Å². The Balaban J connectivity index is 2.55. The molecule has 1 N–H and O–H groups in total. The summed E-state index contributed by atoms with van der Waals surface area (Å²) in [6.45, 7) is 0. The highest BCUT2D eigenvalue weighted by molar-refractivity contribution is 5.89. The van der Waals surface area contributed by atoms with Crippen molar-refractivity contribution in [2.24, 2.45) is 0 Å². The first-order chi connectivity index (χ1) is 8.49. The van der Waals surface area contributed by atoms with Gasteiger partial charge in [-0.05, 0) is 35.4 Å². The number of hydrogen-bond donors (Lipinski definition) is 1. The average Bonchev–Trinajstić information content (AvgIpc) is 2.35. The summed E-state index contributed by atoms with van der Waals surface area (Å²) in [6.07, 6.45) is 0. The van der Waals surface area contributed by atoms with E-state index in [2.05, 4.69) is 0 Å². The highest BCUT2D eigenvalue weighted by Gasteiger charge is 2.12. The monoisotopic (exact) mass is 252 g/mol. The second-order valence-corrected chi connectivity index (χ2v) is 3.64. The first-order valence-corrected chi connectivity index (χ1v) is 4.97. The highest BCUT2D eigenvalue weighted by atomic mass is 19.2. The SMILES string of the molecule is O=C(O)c1cccc(-c2cc(F)c(F)c(F)c2)c1. The van der Waals surface area contributed by atoms with E-state index in [-0.39, 0.29) is 11.1 Å². The van der Waals surface area contributed by atoms with Crippen LogP contribution >= 0.6 is 0 Å². The molecule has 2 aromatic rings. The fourth-order valence-electron chi connectivity index (χ4n) is 1.55. The number of carboxylic acids is 1. The van der Waals surface area contributed by atoms with Crippen LogP contribution < -0.4 is 0 Å². The van der Waals surface area contributed by atoms with Crippen LogP contribution in [0, 0.1) is 17.5 Å². The van der Waals surface area contributed by atoms with Crippen molar-refractivity contribution < 1.29 is 23.1 Å². The highest BCUT2D eigenvalue weighted by Crippen LogP contribution is 2.24. The first kappa shape index (κ1) is 12.2. The zero-order valence-corrected chi connectivity index (χ0v) is 8.95. The molecule has 0 bridgehead atoms. The molecule has 0 heterocycles. The van der Waals surface area contributed by atoms with E-state index >= 15 is 0 Å². The molecule has 0 saturated heterocycles. The minimum absolute atomic E-state index is 0.0161. The van der Waals surface area contributed by atoms with Gasteiger partial charge in [-0.1, -0.05) is 12.1 Å². The summed E-state index contributed by atoms with van der Waals surface area (Å²) >= 11 is 0. The van der Waals surface area contributed by atoms with Gasteiger partial charge in [-0.25, -0.2) is 18.0 Å². The molecule has 92 valence electrons. The lowest BCUT2D eigenvalue weighted by Crippen LogP contribution is -1.96. The van der Waals surface area contributed by atoms with Crippen molar-refractivity contribution in [2.75, 3.05) is 0 Å². The van der Waals surface area contributed by atoms with Crippen LogP contribution in [0.4, 0.5) is 13.2 Å². The van der Waals surface area contributed by atoms with Gasteiger partial charge < -0.3 is 5.11 Å². The standard InChI is InChI=1S/C13H7F3O2/c14-10-5-9(6-11(15)12(10)16)7-2-1-3-8(4-7)13(17)18/h1-6H,(H,17,18). The predicted octanol–water partition coefficient (Wildman–Crippen LogP) is 3.47. The second-order valence-electron chi connectivity index (χ2n) is 3.64. The Labute approximate surface area is 100 Å². The van der Waals surface area contributed by atoms with Crippen LogP contribution in [0.15, 0.2) is 36.4 Å². The maximum Gasteiger partial charge on any atom is 0.335 e. The molecule has 5 heteroatoms. The first-order valence-electron chi connectivity index (χ1n) is 4.97. The molecule has 0 spiro atoms. The Kier molecular flexibility index (Phi) is 3.06. The minimum Gasteiger partial charge on any atom is -0.478 e. The van der Waals surface area contributed by atoms with Gasteiger partial charge >= 0.3 is 5.97 Å². The lowest BCUT2D eigenvalue weighted by molar-refractivity contribution is 0.0697. The Morgan fingerprint density at radius 1 is 0.944 bits per heavy atom. The third-order valence-electron chi connectivity index (χ3n) is 2.43. The Bertz CT molecular complexity index is 600. The molecule has 0 aliphatic carbocycles. The zero-order chi connectivity index (χ0) is 13.3. The lowest BCUT2D eigenvalue weighted by Gasteiger charge is -2.04. The van der Waals surface area contributed by atoms with Gasteiger partial charge in [0.2, 0.25) is 0 Å². The Morgan fingerprint density at radius 2 is 1.56 bits per heavy atom. The van der Waals surface area contributed by atoms with Gasteiger partial charge in [0.25, 0.3) is 0 Å². The van der Waals surface area contributed by atoms with E-state index < -0.39 is 23.4 Å². The van der Waals surface area contributed by atoms with Crippen molar-refractivity contribution in [3.63, 3.8) is 0 Å². The molecule has 0 aliphatic rings. The average molecular weight is 252 g/mol. The van der Waals surface area contributed by atoms with Gasteiger partial charge in [-0.2, -0.15) is 0 Å². The number of rotatable bonds is 2. The molecule has 0 unspecified atom stereocenters. The van der Waals surface area contributed by atoms with Crippen LogP contribution in [0.1, 0.15) is 10.4 Å². The van der Waals surface area contributed by atoms with E-state index in [0.29, 0.717) is 5.56 Å². The van der Waals surface area contributed by atoms with Crippen molar-refractivity contribution in [1.29, 1.82) is 0 Å². The molecule has 0 aliphatic heterocycles. The van der Waals surface area contributed by atoms with Crippen LogP contribution in [0.2, 0.25) is 0 Å². The maximum absolute atomic E-state index is 13.1. The van der Waals surface area contributed by atoms with E-state index in [0.717, 1.165) is 12.1 Å². The fourth-order valence-corrected chi connectivity index (χ4v) is 1.55. The number of hydrogen-bond acceptors (Lipinski definition) is 1. The summed E-state index contributed by atoms with van der Waals surface area (Å²) in [5, 5.41) is 8.80. The number of carboxylic acid groups (broad SMARTS) is 1. The summed E-state index contributed by atoms with van der Waals surface area (Å²) in [6, 6.07) is 7.17. The summed E-state index contributed by atoms with van der Waals surface area (Å²) in [5.41, 5.74) is 0.361. The quantitative estimate of drug-likeness (QED) is 0.831. The molecule has 0 amide bonds. The van der Waals surface area contributed by atoms with Gasteiger partial charge in [-0.15, -0.1) is 0 Å². The third kappa shape index (κ3) is 2.20. The van der Waals surface area contributed by atoms with Crippen molar-refractivity contribution in [3.05, 3.63) is 59.4 Å². The van der Waals surface area contributed by atoms with E-state index in [1.54, 1.807) is 0 Å². The number of carbonyl (C=O) groups is 1. The van der Waals surface area contributed by atoms with E-state index in [4.69, 9.17) is 5.11 Å². The largest absolute Gasteiger partial charge is 0.478 e. The Morgan fingerprint density at radius 3 is 2.11 bits per heavy atom. The van der Waals surface area contributed by atoms with Gasteiger partial charge in [0.1, 0.15) is 0 Å². The van der Waals surface area contributed by atoms with Crippen LogP contribution in [0.3, 0.4) is 0 Å². The van der Waals surface area contributed by atoms with Gasteiger partial charge in [0, 0.05) is 0 Å². The molecule has 0 fully saturated rings. The predicted molar refractivity (Wildman–Crippen MR) is 58.7 cm³/mol. The lowest BCUT2D eigenvalue weighted by atomic mass is 10.0. The summed E-state index contributed by atoms with van der Waals surface area (Å²) in [5.74, 6) is -5.33. The molecule has 18 heavy (non-hydrogen) atoms. The van der Waals surface area contributed by atoms with Crippen molar-refractivity contribution in [1.82, 2.24) is 0 Å². The molecule has 2 aromatic carbocycles. The van der Waals surface area contributed by atoms with Crippen molar-refractivity contribution in [3.8, 4) is 11.1 Å². The normalized spacial score (nSPS) is 10.4. The summed E-state index contributed by atoms with van der Waals surface area (Å²) < 4.78 is 38.9. The number of benzene rings is 2. The fraction of sp³-hybridized carbons (Fsp3) is 0. The number of aromatic carboxylic acids is 1. The molecule has 2 nitrogen and oxygen atoms in total. The molecule has 0 aromatic heterocycles. The minimum atomic E-state index is -1.55. The third-order valence-corrected chi connectivity index (χ3v) is 2.43. The van der Waals surface area contributed by atoms with E-state index in [1.165, 1.54) is 24.3 Å². The summed E-state index contributed by atoms with van der Waals surface area (Å²) in [4.78, 5) is 10.8. The van der Waals surface area contributed by atoms with Gasteiger partial charge in [0.05, 0.1) is 5.56 Å². The number of halogens is 3. The van der Waals surface area contributed by atoms with Crippen molar-refractivity contribution >= 4 is 5.97 Å².